The first kappa shape index (κ1) is 8.92. The Morgan fingerprint density at radius 1 is 1.67 bits per heavy atom. The van der Waals surface area contributed by atoms with Gasteiger partial charge in [-0.3, -0.25) is 0 Å². The molecule has 1 unspecified atom stereocenters. The summed E-state index contributed by atoms with van der Waals surface area (Å²) in [5, 5.41) is 22.9. The van der Waals surface area contributed by atoms with Gasteiger partial charge in [0.15, 0.2) is 0 Å². The number of aliphatic hydroxyl groups excluding tert-OH is 1. The monoisotopic (exact) mass is 171 g/mol. The van der Waals surface area contributed by atoms with Crippen LogP contribution in [0.2, 0.25) is 0 Å². The Morgan fingerprint density at radius 3 is 2.92 bits per heavy atom. The molecule has 2 N–H and O–H groups in total. The summed E-state index contributed by atoms with van der Waals surface area (Å²) in [5.74, 6) is 0.572. The van der Waals surface area contributed by atoms with Crippen molar-refractivity contribution in [3.8, 4) is 0 Å². The molecule has 1 aromatic heterocycles. The summed E-state index contributed by atoms with van der Waals surface area (Å²) in [6.45, 7) is 2.39. The maximum atomic E-state index is 9.21. The van der Waals surface area contributed by atoms with Crippen molar-refractivity contribution >= 4 is 5.95 Å². The molecule has 0 aliphatic carbocycles. The van der Waals surface area contributed by atoms with Crippen LogP contribution in [0.4, 0.5) is 5.95 Å². The maximum absolute atomic E-state index is 9.21. The van der Waals surface area contributed by atoms with Crippen molar-refractivity contribution in [2.45, 2.75) is 19.4 Å². The third kappa shape index (κ3) is 2.16. The molecule has 6 heteroatoms. The van der Waals surface area contributed by atoms with E-state index in [2.05, 4.69) is 20.8 Å². The third-order valence-electron chi connectivity index (χ3n) is 1.59. The summed E-state index contributed by atoms with van der Waals surface area (Å²) in [6, 6.07) is 0. The SMILES string of the molecule is CCC(O)CNc1nnnn1C. The van der Waals surface area contributed by atoms with E-state index in [1.807, 2.05) is 6.92 Å². The summed E-state index contributed by atoms with van der Waals surface area (Å²) < 4.78 is 1.52. The minimum absolute atomic E-state index is 0.346. The highest BCUT2D eigenvalue weighted by atomic mass is 16.3. The summed E-state index contributed by atoms with van der Waals surface area (Å²) in [7, 11) is 1.74. The topological polar surface area (TPSA) is 75.9 Å². The van der Waals surface area contributed by atoms with Gasteiger partial charge < -0.3 is 10.4 Å². The van der Waals surface area contributed by atoms with Gasteiger partial charge in [0.1, 0.15) is 0 Å². The average Bonchev–Trinajstić information content (AvgIpc) is 2.47. The molecule has 1 heterocycles. The highest BCUT2D eigenvalue weighted by molar-refractivity contribution is 5.20. The van der Waals surface area contributed by atoms with E-state index in [-0.39, 0.29) is 6.10 Å². The number of rotatable bonds is 4. The molecule has 0 amide bonds. The molecule has 6 nitrogen and oxygen atoms in total. The van der Waals surface area contributed by atoms with Gasteiger partial charge in [-0.1, -0.05) is 12.0 Å². The molecule has 0 aliphatic heterocycles. The smallest absolute Gasteiger partial charge is 0.242 e. The van der Waals surface area contributed by atoms with Crippen LogP contribution in [-0.2, 0) is 7.05 Å². The second-order valence-electron chi connectivity index (χ2n) is 2.57. The summed E-state index contributed by atoms with van der Waals surface area (Å²) in [5.41, 5.74) is 0. The molecule has 0 saturated carbocycles. The predicted molar refractivity (Wildman–Crippen MR) is 43.6 cm³/mol. The van der Waals surface area contributed by atoms with Crippen LogP contribution in [0.5, 0.6) is 0 Å². The Kier molecular flexibility index (Phi) is 2.98. The zero-order chi connectivity index (χ0) is 8.97. The van der Waals surface area contributed by atoms with Crippen LogP contribution in [0.1, 0.15) is 13.3 Å². The van der Waals surface area contributed by atoms with Crippen LogP contribution >= 0.6 is 0 Å². The van der Waals surface area contributed by atoms with Gasteiger partial charge in [-0.2, -0.15) is 0 Å². The first-order valence-corrected chi connectivity index (χ1v) is 3.88. The molecule has 0 radical (unpaired) electrons. The summed E-state index contributed by atoms with van der Waals surface area (Å²) in [6.07, 6.45) is 0.375. The van der Waals surface area contributed by atoms with E-state index >= 15 is 0 Å². The minimum atomic E-state index is -0.346. The van der Waals surface area contributed by atoms with Crippen molar-refractivity contribution in [3.63, 3.8) is 0 Å². The van der Waals surface area contributed by atoms with Gasteiger partial charge in [0, 0.05) is 13.6 Å². The number of nitrogens with one attached hydrogen (secondary N) is 1. The fraction of sp³-hybridized carbons (Fsp3) is 0.833. The van der Waals surface area contributed by atoms with Gasteiger partial charge in [0.05, 0.1) is 6.10 Å². The van der Waals surface area contributed by atoms with Crippen molar-refractivity contribution in [3.05, 3.63) is 0 Å². The molecule has 0 aromatic carbocycles. The lowest BCUT2D eigenvalue weighted by molar-refractivity contribution is 0.183. The molecule has 0 saturated heterocycles. The Hall–Kier alpha value is -1.17. The van der Waals surface area contributed by atoms with E-state index < -0.39 is 0 Å². The molecule has 0 spiro atoms. The standard InChI is InChI=1S/C6H13N5O/c1-3-5(12)4-7-6-8-9-10-11(6)2/h5,12H,3-4H2,1-2H3,(H,7,8,10). The Bertz CT molecular complexity index is 236. The van der Waals surface area contributed by atoms with E-state index in [0.717, 1.165) is 6.42 Å². The molecule has 0 bridgehead atoms. The van der Waals surface area contributed by atoms with Crippen molar-refractivity contribution in [2.75, 3.05) is 11.9 Å². The predicted octanol–water partition coefficient (Wildman–Crippen LogP) is -0.607. The van der Waals surface area contributed by atoms with Crippen molar-refractivity contribution in [1.29, 1.82) is 0 Å². The van der Waals surface area contributed by atoms with E-state index in [0.29, 0.717) is 12.5 Å². The fourth-order valence-electron chi connectivity index (χ4n) is 0.733. The normalized spacial score (nSPS) is 12.9. The van der Waals surface area contributed by atoms with Gasteiger partial charge in [0.25, 0.3) is 0 Å². The van der Waals surface area contributed by atoms with E-state index in [1.54, 1.807) is 7.05 Å². The average molecular weight is 171 g/mol. The second-order valence-corrected chi connectivity index (χ2v) is 2.57. The van der Waals surface area contributed by atoms with Gasteiger partial charge in [0.2, 0.25) is 5.95 Å². The Morgan fingerprint density at radius 2 is 2.42 bits per heavy atom. The molecular weight excluding hydrogens is 158 g/mol. The van der Waals surface area contributed by atoms with Crippen molar-refractivity contribution < 1.29 is 5.11 Å². The number of hydrogen-bond acceptors (Lipinski definition) is 5. The van der Waals surface area contributed by atoms with Gasteiger partial charge >= 0.3 is 0 Å². The highest BCUT2D eigenvalue weighted by Gasteiger charge is 2.03. The molecule has 1 aromatic rings. The number of nitrogens with zero attached hydrogens (tertiary/aromatic N) is 4. The van der Waals surface area contributed by atoms with Crippen LogP contribution in [0, 0.1) is 0 Å². The number of tetrazole rings is 1. The number of aryl methyl sites for hydroxylation is 1. The van der Waals surface area contributed by atoms with Crippen LogP contribution in [0.3, 0.4) is 0 Å². The van der Waals surface area contributed by atoms with Gasteiger partial charge in [-0.05, 0) is 16.8 Å². The fourth-order valence-corrected chi connectivity index (χ4v) is 0.733. The first-order valence-electron chi connectivity index (χ1n) is 3.88. The molecule has 0 fully saturated rings. The molecule has 12 heavy (non-hydrogen) atoms. The Labute approximate surface area is 70.6 Å². The number of aromatic nitrogens is 4. The van der Waals surface area contributed by atoms with E-state index in [1.165, 1.54) is 4.68 Å². The molecular formula is C6H13N5O. The van der Waals surface area contributed by atoms with Gasteiger partial charge in [-0.15, -0.1) is 0 Å². The quantitative estimate of drug-likeness (QED) is 0.632. The highest BCUT2D eigenvalue weighted by Crippen LogP contribution is 1.97. The number of anilines is 1. The molecule has 0 aliphatic rings. The lowest BCUT2D eigenvalue weighted by atomic mass is 10.3. The Balaban J connectivity index is 2.38. The lowest BCUT2D eigenvalue weighted by Crippen LogP contribution is -2.20. The maximum Gasteiger partial charge on any atom is 0.242 e. The van der Waals surface area contributed by atoms with Crippen LogP contribution < -0.4 is 5.32 Å². The summed E-state index contributed by atoms with van der Waals surface area (Å²) >= 11 is 0. The van der Waals surface area contributed by atoms with Crippen LogP contribution in [-0.4, -0.2) is 38.0 Å². The zero-order valence-corrected chi connectivity index (χ0v) is 7.23. The number of aliphatic hydroxyl groups is 1. The van der Waals surface area contributed by atoms with E-state index in [4.69, 9.17) is 0 Å². The van der Waals surface area contributed by atoms with E-state index in [9.17, 15) is 5.11 Å². The lowest BCUT2D eigenvalue weighted by Gasteiger charge is -2.07. The third-order valence-corrected chi connectivity index (χ3v) is 1.59. The largest absolute Gasteiger partial charge is 0.391 e. The van der Waals surface area contributed by atoms with Gasteiger partial charge in [-0.25, -0.2) is 4.68 Å². The summed E-state index contributed by atoms with van der Waals surface area (Å²) in [4.78, 5) is 0. The van der Waals surface area contributed by atoms with Crippen molar-refractivity contribution in [1.82, 2.24) is 20.2 Å². The molecule has 1 rings (SSSR count). The van der Waals surface area contributed by atoms with Crippen LogP contribution in [0.25, 0.3) is 0 Å². The first-order chi connectivity index (χ1) is 5.74. The van der Waals surface area contributed by atoms with Crippen molar-refractivity contribution in [2.24, 2.45) is 7.05 Å². The molecule has 68 valence electrons. The second kappa shape index (κ2) is 4.01. The molecule has 1 atom stereocenters. The number of hydrogen-bond donors (Lipinski definition) is 2. The minimum Gasteiger partial charge on any atom is -0.391 e. The van der Waals surface area contributed by atoms with Crippen LogP contribution in [0.15, 0.2) is 0 Å². The zero-order valence-electron chi connectivity index (χ0n) is 7.23.